The van der Waals surface area contributed by atoms with Gasteiger partial charge in [0, 0.05) is 39.3 Å². The van der Waals surface area contributed by atoms with Crippen LogP contribution in [0.1, 0.15) is 24.8 Å². The van der Waals surface area contributed by atoms with Crippen LogP contribution in [0.15, 0.2) is 30.3 Å². The Morgan fingerprint density at radius 3 is 2.78 bits per heavy atom. The Morgan fingerprint density at radius 2 is 2.00 bits per heavy atom. The molecule has 1 N–H and O–H groups in total. The molecular formula is C18H27N3O2. The Labute approximate surface area is 138 Å². The molecule has 2 heterocycles. The van der Waals surface area contributed by atoms with Gasteiger partial charge in [-0.3, -0.25) is 4.90 Å². The van der Waals surface area contributed by atoms with Crippen LogP contribution in [-0.4, -0.2) is 61.3 Å². The van der Waals surface area contributed by atoms with E-state index in [9.17, 15) is 4.79 Å². The number of hydrogen-bond acceptors (Lipinski definition) is 3. The Kier molecular flexibility index (Phi) is 5.88. The second-order valence-corrected chi connectivity index (χ2v) is 6.42. The number of nitrogens with one attached hydrogen (secondary N) is 1. The molecular weight excluding hydrogens is 290 g/mol. The van der Waals surface area contributed by atoms with Crippen LogP contribution >= 0.6 is 0 Å². The monoisotopic (exact) mass is 317 g/mol. The number of hydrogen-bond donors (Lipinski definition) is 1. The lowest BCUT2D eigenvalue weighted by Crippen LogP contribution is -2.42. The summed E-state index contributed by atoms with van der Waals surface area (Å²) >= 11 is 0. The molecule has 2 aliphatic heterocycles. The molecule has 3 rings (SSSR count). The summed E-state index contributed by atoms with van der Waals surface area (Å²) in [6, 6.07) is 10.1. The van der Waals surface area contributed by atoms with Crippen molar-refractivity contribution in [1.29, 1.82) is 0 Å². The predicted molar refractivity (Wildman–Crippen MR) is 90.3 cm³/mol. The van der Waals surface area contributed by atoms with E-state index in [1.54, 1.807) is 0 Å². The first-order valence-electron chi connectivity index (χ1n) is 8.72. The van der Waals surface area contributed by atoms with Gasteiger partial charge < -0.3 is 15.0 Å². The molecule has 0 saturated carbocycles. The lowest BCUT2D eigenvalue weighted by molar-refractivity contribution is 0.0746. The zero-order valence-electron chi connectivity index (χ0n) is 13.7. The van der Waals surface area contributed by atoms with Gasteiger partial charge in [0.25, 0.3) is 0 Å². The summed E-state index contributed by atoms with van der Waals surface area (Å²) in [5.41, 5.74) is 1.13. The summed E-state index contributed by atoms with van der Waals surface area (Å²) in [6.07, 6.45) is 3.80. The van der Waals surface area contributed by atoms with Crippen molar-refractivity contribution in [2.24, 2.45) is 0 Å². The molecule has 1 aromatic carbocycles. The van der Waals surface area contributed by atoms with Crippen LogP contribution in [0.2, 0.25) is 0 Å². The lowest BCUT2D eigenvalue weighted by atomic mass is 10.2. The van der Waals surface area contributed by atoms with Gasteiger partial charge in [0.15, 0.2) is 0 Å². The Hall–Kier alpha value is -1.59. The highest BCUT2D eigenvalue weighted by Gasteiger charge is 2.23. The van der Waals surface area contributed by atoms with Gasteiger partial charge in [-0.15, -0.1) is 0 Å². The van der Waals surface area contributed by atoms with Gasteiger partial charge >= 0.3 is 6.03 Å². The van der Waals surface area contributed by atoms with Crippen LogP contribution < -0.4 is 5.32 Å². The maximum absolute atomic E-state index is 12.3. The second-order valence-electron chi connectivity index (χ2n) is 6.42. The average molecular weight is 317 g/mol. The first-order chi connectivity index (χ1) is 11.3. The number of amides is 2. The van der Waals surface area contributed by atoms with Crippen LogP contribution in [0.5, 0.6) is 0 Å². The molecule has 0 spiro atoms. The van der Waals surface area contributed by atoms with Gasteiger partial charge in [0.05, 0.1) is 6.10 Å². The van der Waals surface area contributed by atoms with Gasteiger partial charge in [-0.25, -0.2) is 4.79 Å². The number of rotatable bonds is 4. The van der Waals surface area contributed by atoms with Crippen molar-refractivity contribution in [2.75, 3.05) is 39.3 Å². The van der Waals surface area contributed by atoms with Crippen LogP contribution in [-0.2, 0) is 11.3 Å². The highest BCUT2D eigenvalue weighted by atomic mass is 16.5. The summed E-state index contributed by atoms with van der Waals surface area (Å²) in [7, 11) is 0. The summed E-state index contributed by atoms with van der Waals surface area (Å²) < 4.78 is 5.72. The molecule has 1 aromatic rings. The first kappa shape index (κ1) is 16.3. The predicted octanol–water partition coefficient (Wildman–Crippen LogP) is 2.08. The number of ether oxygens (including phenoxy) is 1. The highest BCUT2D eigenvalue weighted by molar-refractivity contribution is 5.74. The van der Waals surface area contributed by atoms with Crippen LogP contribution in [0, 0.1) is 0 Å². The molecule has 23 heavy (non-hydrogen) atoms. The van der Waals surface area contributed by atoms with Crippen molar-refractivity contribution in [3.63, 3.8) is 0 Å². The maximum atomic E-state index is 12.3. The summed E-state index contributed by atoms with van der Waals surface area (Å²) in [5.74, 6) is 0. The minimum Gasteiger partial charge on any atom is -0.377 e. The minimum absolute atomic E-state index is 0.0489. The molecule has 126 valence electrons. The molecule has 5 heteroatoms. The van der Waals surface area contributed by atoms with Crippen molar-refractivity contribution < 1.29 is 9.53 Å². The normalized spacial score (nSPS) is 22.8. The molecule has 0 unspecified atom stereocenters. The van der Waals surface area contributed by atoms with Crippen LogP contribution in [0.25, 0.3) is 0 Å². The molecule has 0 radical (unpaired) electrons. The third-order valence-corrected chi connectivity index (χ3v) is 4.65. The maximum Gasteiger partial charge on any atom is 0.317 e. The summed E-state index contributed by atoms with van der Waals surface area (Å²) in [5, 5.41) is 3.03. The van der Waals surface area contributed by atoms with E-state index in [-0.39, 0.29) is 6.03 Å². The minimum atomic E-state index is 0.0489. The van der Waals surface area contributed by atoms with Gasteiger partial charge in [0.1, 0.15) is 0 Å². The molecule has 1 atom stereocenters. The highest BCUT2D eigenvalue weighted by Crippen LogP contribution is 2.14. The van der Waals surface area contributed by atoms with Gasteiger partial charge in [-0.1, -0.05) is 30.3 Å². The van der Waals surface area contributed by atoms with E-state index in [2.05, 4.69) is 10.2 Å². The van der Waals surface area contributed by atoms with E-state index in [4.69, 9.17) is 4.74 Å². The van der Waals surface area contributed by atoms with Gasteiger partial charge in [0.2, 0.25) is 0 Å². The second kappa shape index (κ2) is 8.31. The van der Waals surface area contributed by atoms with Crippen molar-refractivity contribution in [1.82, 2.24) is 15.1 Å². The van der Waals surface area contributed by atoms with E-state index < -0.39 is 0 Å². The fourth-order valence-electron chi connectivity index (χ4n) is 3.32. The third kappa shape index (κ3) is 4.94. The third-order valence-electron chi connectivity index (χ3n) is 4.65. The van der Waals surface area contributed by atoms with Crippen molar-refractivity contribution in [3.8, 4) is 0 Å². The van der Waals surface area contributed by atoms with E-state index in [1.165, 1.54) is 12.8 Å². The zero-order chi connectivity index (χ0) is 15.9. The SMILES string of the molecule is O=C(NCc1ccccc1)N1CCCN(C[C@@H]2CCCO2)CC1. The fourth-order valence-corrected chi connectivity index (χ4v) is 3.32. The van der Waals surface area contributed by atoms with Crippen molar-refractivity contribution >= 4 is 6.03 Å². The molecule has 0 bridgehead atoms. The van der Waals surface area contributed by atoms with E-state index in [0.717, 1.165) is 51.3 Å². The smallest absolute Gasteiger partial charge is 0.317 e. The molecule has 2 amide bonds. The average Bonchev–Trinajstić information content (AvgIpc) is 2.98. The fraction of sp³-hybridized carbons (Fsp3) is 0.611. The molecule has 0 aromatic heterocycles. The molecule has 2 saturated heterocycles. The number of carbonyl (C=O) groups excluding carboxylic acids is 1. The van der Waals surface area contributed by atoms with Crippen molar-refractivity contribution in [2.45, 2.75) is 31.9 Å². The topological polar surface area (TPSA) is 44.8 Å². The van der Waals surface area contributed by atoms with Crippen molar-refractivity contribution in [3.05, 3.63) is 35.9 Å². The van der Waals surface area contributed by atoms with Crippen LogP contribution in [0.3, 0.4) is 0 Å². The molecule has 0 aliphatic carbocycles. The molecule has 2 fully saturated rings. The van der Waals surface area contributed by atoms with E-state index in [1.807, 2.05) is 35.2 Å². The number of benzene rings is 1. The largest absolute Gasteiger partial charge is 0.377 e. The Morgan fingerprint density at radius 1 is 1.13 bits per heavy atom. The zero-order valence-corrected chi connectivity index (χ0v) is 13.7. The van der Waals surface area contributed by atoms with E-state index >= 15 is 0 Å². The Balaban J connectivity index is 1.42. The molecule has 5 nitrogen and oxygen atoms in total. The van der Waals surface area contributed by atoms with E-state index in [0.29, 0.717) is 12.6 Å². The summed E-state index contributed by atoms with van der Waals surface area (Å²) in [4.78, 5) is 16.7. The first-order valence-corrected chi connectivity index (χ1v) is 8.72. The number of urea groups is 1. The van der Waals surface area contributed by atoms with Gasteiger partial charge in [-0.05, 0) is 31.4 Å². The summed E-state index contributed by atoms with van der Waals surface area (Å²) in [6.45, 7) is 6.15. The number of carbonyl (C=O) groups is 1. The number of nitrogens with zero attached hydrogens (tertiary/aromatic N) is 2. The quantitative estimate of drug-likeness (QED) is 0.925. The Bertz CT molecular complexity index is 488. The molecule has 2 aliphatic rings. The van der Waals surface area contributed by atoms with Crippen LogP contribution in [0.4, 0.5) is 4.79 Å². The lowest BCUT2D eigenvalue weighted by Gasteiger charge is -2.24. The standard InChI is InChI=1S/C18H27N3O2/c22-18(19-14-16-6-2-1-3-7-16)21-10-5-9-20(11-12-21)15-17-8-4-13-23-17/h1-3,6-7,17H,4-5,8-15H2,(H,19,22)/t17-/m0/s1. The van der Waals surface area contributed by atoms with Gasteiger partial charge in [-0.2, -0.15) is 0 Å².